The second-order valence-corrected chi connectivity index (χ2v) is 2.90. The van der Waals surface area contributed by atoms with E-state index in [1.807, 2.05) is 0 Å². The molecule has 0 saturated carbocycles. The van der Waals surface area contributed by atoms with E-state index < -0.39 is 0 Å². The summed E-state index contributed by atoms with van der Waals surface area (Å²) in [6, 6.07) is 0. The minimum Gasteiger partial charge on any atom is -0.358 e. The van der Waals surface area contributed by atoms with Crippen LogP contribution in [0, 0.1) is 5.82 Å². The highest BCUT2D eigenvalue weighted by Crippen LogP contribution is 2.19. The van der Waals surface area contributed by atoms with Gasteiger partial charge in [-0.3, -0.25) is 4.98 Å². The molecule has 0 unspecified atom stereocenters. The molecule has 13 heavy (non-hydrogen) atoms. The largest absolute Gasteiger partial charge is 0.358 e. The normalized spacial score (nSPS) is 10.9. The Bertz CT molecular complexity index is 422. The molecule has 0 aliphatic rings. The predicted molar refractivity (Wildman–Crippen MR) is 48.8 cm³/mol. The molecule has 4 heteroatoms. The van der Waals surface area contributed by atoms with Crippen LogP contribution in [0.15, 0.2) is 18.6 Å². The maximum Gasteiger partial charge on any atom is 0.165 e. The van der Waals surface area contributed by atoms with Crippen LogP contribution in [0.5, 0.6) is 0 Å². The smallest absolute Gasteiger partial charge is 0.165 e. The molecule has 2 aromatic heterocycles. The summed E-state index contributed by atoms with van der Waals surface area (Å²) in [6.45, 7) is 0.559. The van der Waals surface area contributed by atoms with Crippen LogP contribution in [0.1, 0.15) is 5.56 Å². The van der Waals surface area contributed by atoms with E-state index in [1.165, 1.54) is 6.20 Å². The van der Waals surface area contributed by atoms with Crippen molar-refractivity contribution in [2.24, 2.45) is 5.73 Å². The Hall–Kier alpha value is -1.42. The molecule has 0 aliphatic carbocycles. The number of nitrogens with zero attached hydrogens (tertiary/aromatic N) is 1. The summed E-state index contributed by atoms with van der Waals surface area (Å²) in [5.74, 6) is -0.319. The summed E-state index contributed by atoms with van der Waals surface area (Å²) in [4.78, 5) is 6.66. The van der Waals surface area contributed by atoms with Crippen LogP contribution in [0.4, 0.5) is 4.39 Å². The van der Waals surface area contributed by atoms with Crippen LogP contribution in [-0.4, -0.2) is 16.5 Å². The second-order valence-electron chi connectivity index (χ2n) is 2.90. The summed E-state index contributed by atoms with van der Waals surface area (Å²) >= 11 is 0. The number of H-pyrrole nitrogens is 1. The van der Waals surface area contributed by atoms with Gasteiger partial charge in [0.25, 0.3) is 0 Å². The van der Waals surface area contributed by atoms with Gasteiger partial charge < -0.3 is 10.7 Å². The Labute approximate surface area is 74.8 Å². The number of aromatic amines is 1. The summed E-state index contributed by atoms with van der Waals surface area (Å²) in [5, 5.41) is 0.824. The Morgan fingerprint density at radius 2 is 2.31 bits per heavy atom. The first-order chi connectivity index (χ1) is 6.33. The standard InChI is InChI=1S/C9H10FN3/c10-8-5-12-4-7-6(1-2-11)3-13-9(7)8/h3-5,13H,1-2,11H2. The van der Waals surface area contributed by atoms with Gasteiger partial charge in [0.1, 0.15) is 0 Å². The monoisotopic (exact) mass is 179 g/mol. The minimum absolute atomic E-state index is 0.319. The summed E-state index contributed by atoms with van der Waals surface area (Å²) < 4.78 is 13.1. The van der Waals surface area contributed by atoms with Crippen molar-refractivity contribution in [2.75, 3.05) is 6.54 Å². The number of rotatable bonds is 2. The zero-order valence-electron chi connectivity index (χ0n) is 7.05. The van der Waals surface area contributed by atoms with Gasteiger partial charge in [-0.1, -0.05) is 0 Å². The number of halogens is 1. The Balaban J connectivity index is 2.61. The van der Waals surface area contributed by atoms with E-state index in [2.05, 4.69) is 9.97 Å². The molecule has 68 valence electrons. The third kappa shape index (κ3) is 1.29. The highest BCUT2D eigenvalue weighted by Gasteiger charge is 2.06. The lowest BCUT2D eigenvalue weighted by atomic mass is 10.1. The van der Waals surface area contributed by atoms with E-state index in [4.69, 9.17) is 5.73 Å². The quantitative estimate of drug-likeness (QED) is 0.727. The van der Waals surface area contributed by atoms with Crippen LogP contribution in [-0.2, 0) is 6.42 Å². The molecule has 0 radical (unpaired) electrons. The zero-order valence-corrected chi connectivity index (χ0v) is 7.05. The molecule has 0 aliphatic heterocycles. The van der Waals surface area contributed by atoms with E-state index in [9.17, 15) is 4.39 Å². The van der Waals surface area contributed by atoms with Gasteiger partial charge in [-0.05, 0) is 18.5 Å². The first-order valence-corrected chi connectivity index (χ1v) is 4.12. The van der Waals surface area contributed by atoms with Crippen molar-refractivity contribution in [1.29, 1.82) is 0 Å². The third-order valence-corrected chi connectivity index (χ3v) is 2.05. The fourth-order valence-electron chi connectivity index (χ4n) is 1.42. The van der Waals surface area contributed by atoms with Gasteiger partial charge >= 0.3 is 0 Å². The maximum atomic E-state index is 13.1. The first kappa shape index (κ1) is 8.19. The van der Waals surface area contributed by atoms with Crippen molar-refractivity contribution < 1.29 is 4.39 Å². The lowest BCUT2D eigenvalue weighted by Crippen LogP contribution is -2.01. The molecular formula is C9H10FN3. The van der Waals surface area contributed by atoms with Gasteiger partial charge in [0, 0.05) is 17.8 Å². The van der Waals surface area contributed by atoms with Gasteiger partial charge in [0.15, 0.2) is 5.82 Å². The fraction of sp³-hybridized carbons (Fsp3) is 0.222. The molecule has 0 fully saturated rings. The number of aromatic nitrogens is 2. The number of nitrogens with one attached hydrogen (secondary N) is 1. The predicted octanol–water partition coefficient (Wildman–Crippen LogP) is 1.20. The average molecular weight is 179 g/mol. The Morgan fingerprint density at radius 3 is 3.08 bits per heavy atom. The molecule has 2 aromatic rings. The highest BCUT2D eigenvalue weighted by atomic mass is 19.1. The van der Waals surface area contributed by atoms with Crippen molar-refractivity contribution >= 4 is 10.9 Å². The number of pyridine rings is 1. The van der Waals surface area contributed by atoms with Crippen LogP contribution >= 0.6 is 0 Å². The van der Waals surface area contributed by atoms with E-state index in [-0.39, 0.29) is 5.82 Å². The van der Waals surface area contributed by atoms with Crippen LogP contribution in [0.2, 0.25) is 0 Å². The first-order valence-electron chi connectivity index (χ1n) is 4.12. The van der Waals surface area contributed by atoms with Gasteiger partial charge in [0.05, 0.1) is 11.7 Å². The van der Waals surface area contributed by atoms with E-state index in [0.717, 1.165) is 17.4 Å². The van der Waals surface area contributed by atoms with E-state index in [1.54, 1.807) is 12.4 Å². The molecule has 0 amide bonds. The third-order valence-electron chi connectivity index (χ3n) is 2.05. The topological polar surface area (TPSA) is 54.7 Å². The Morgan fingerprint density at radius 1 is 1.46 bits per heavy atom. The number of nitrogens with two attached hydrogens (primary N) is 1. The van der Waals surface area contributed by atoms with E-state index >= 15 is 0 Å². The molecule has 3 N–H and O–H groups in total. The van der Waals surface area contributed by atoms with Crippen molar-refractivity contribution in [1.82, 2.24) is 9.97 Å². The Kier molecular flexibility index (Phi) is 1.98. The molecule has 2 heterocycles. The minimum atomic E-state index is -0.319. The van der Waals surface area contributed by atoms with Crippen molar-refractivity contribution in [3.05, 3.63) is 30.0 Å². The maximum absolute atomic E-state index is 13.1. The van der Waals surface area contributed by atoms with Crippen LogP contribution in [0.25, 0.3) is 10.9 Å². The molecule has 3 nitrogen and oxygen atoms in total. The SMILES string of the molecule is NCCc1c[nH]c2c(F)cncc12. The average Bonchev–Trinajstić information content (AvgIpc) is 2.51. The van der Waals surface area contributed by atoms with Crippen molar-refractivity contribution in [2.45, 2.75) is 6.42 Å². The molecular weight excluding hydrogens is 169 g/mol. The van der Waals surface area contributed by atoms with Crippen LogP contribution < -0.4 is 5.73 Å². The molecule has 2 rings (SSSR count). The molecule has 0 saturated heterocycles. The summed E-state index contributed by atoms with van der Waals surface area (Å²) in [5.41, 5.74) is 6.95. The number of hydrogen-bond donors (Lipinski definition) is 2. The van der Waals surface area contributed by atoms with Gasteiger partial charge in [-0.2, -0.15) is 0 Å². The fourth-order valence-corrected chi connectivity index (χ4v) is 1.42. The van der Waals surface area contributed by atoms with Gasteiger partial charge in [0.2, 0.25) is 0 Å². The summed E-state index contributed by atoms with van der Waals surface area (Å²) in [7, 11) is 0. The van der Waals surface area contributed by atoms with Gasteiger partial charge in [-0.15, -0.1) is 0 Å². The lowest BCUT2D eigenvalue weighted by molar-refractivity contribution is 0.631. The number of fused-ring (bicyclic) bond motifs is 1. The second kappa shape index (κ2) is 3.14. The molecule has 0 atom stereocenters. The highest BCUT2D eigenvalue weighted by molar-refractivity contribution is 5.82. The van der Waals surface area contributed by atoms with Crippen LogP contribution in [0.3, 0.4) is 0 Å². The van der Waals surface area contributed by atoms with Gasteiger partial charge in [-0.25, -0.2) is 4.39 Å². The zero-order chi connectivity index (χ0) is 9.26. The lowest BCUT2D eigenvalue weighted by Gasteiger charge is -1.94. The molecule has 0 aromatic carbocycles. The number of hydrogen-bond acceptors (Lipinski definition) is 2. The molecule has 0 bridgehead atoms. The molecule has 0 spiro atoms. The van der Waals surface area contributed by atoms with E-state index in [0.29, 0.717) is 12.1 Å². The summed E-state index contributed by atoms with van der Waals surface area (Å²) in [6.07, 6.45) is 5.37. The van der Waals surface area contributed by atoms with Crippen molar-refractivity contribution in [3.63, 3.8) is 0 Å². The van der Waals surface area contributed by atoms with Crippen molar-refractivity contribution in [3.8, 4) is 0 Å².